The Labute approximate surface area is 72.5 Å². The predicted molar refractivity (Wildman–Crippen MR) is 39.8 cm³/mol. The summed E-state index contributed by atoms with van der Waals surface area (Å²) in [5.41, 5.74) is -4.20. The van der Waals surface area contributed by atoms with Crippen LogP contribution in [0.2, 0.25) is 0 Å². The van der Waals surface area contributed by atoms with Crippen LogP contribution < -0.4 is 0 Å². The summed E-state index contributed by atoms with van der Waals surface area (Å²) >= 11 is -0.122. The van der Waals surface area contributed by atoms with E-state index in [9.17, 15) is 18.0 Å². The number of alkyl halides is 3. The van der Waals surface area contributed by atoms with E-state index in [0.717, 1.165) is 0 Å². The van der Waals surface area contributed by atoms with E-state index in [0.29, 0.717) is 0 Å². The van der Waals surface area contributed by atoms with E-state index >= 15 is 0 Å². The zero-order valence-corrected chi connectivity index (χ0v) is 7.30. The van der Waals surface area contributed by atoms with Crippen LogP contribution in [0, 0.1) is 0 Å². The minimum atomic E-state index is -4.20. The minimum absolute atomic E-state index is 0.0413. The van der Waals surface area contributed by atoms with Gasteiger partial charge in [0.25, 0.3) is 0 Å². The number of halogens is 3. The summed E-state index contributed by atoms with van der Waals surface area (Å²) in [6.07, 6.45) is 0.233. The monoisotopic (exact) mass is 202 g/mol. The highest BCUT2D eigenvalue weighted by atomic mass is 32.2. The molecule has 0 atom stereocenters. The summed E-state index contributed by atoms with van der Waals surface area (Å²) in [4.78, 5) is 10.4. The van der Waals surface area contributed by atoms with Crippen molar-refractivity contribution in [2.24, 2.45) is 0 Å². The van der Waals surface area contributed by atoms with Gasteiger partial charge in [-0.3, -0.25) is 4.79 Å². The van der Waals surface area contributed by atoms with Crippen molar-refractivity contribution in [1.29, 1.82) is 0 Å². The van der Waals surface area contributed by atoms with Gasteiger partial charge in [-0.05, 0) is 6.42 Å². The average molecular weight is 202 g/mol. The van der Waals surface area contributed by atoms with Crippen LogP contribution in [-0.2, 0) is 9.53 Å². The number of ether oxygens (including phenoxy) is 1. The Balaban J connectivity index is 3.28. The lowest BCUT2D eigenvalue weighted by Crippen LogP contribution is -2.04. The molecule has 12 heavy (non-hydrogen) atoms. The molecule has 0 aliphatic heterocycles. The molecule has 0 spiro atoms. The molecule has 0 saturated carbocycles. The van der Waals surface area contributed by atoms with Crippen molar-refractivity contribution < 1.29 is 22.7 Å². The third-order valence-electron chi connectivity index (χ3n) is 1.02. The molecule has 0 N–H and O–H groups in total. The van der Waals surface area contributed by atoms with Crippen molar-refractivity contribution in [2.45, 2.75) is 18.3 Å². The summed E-state index contributed by atoms with van der Waals surface area (Å²) < 4.78 is 38.8. The fourth-order valence-electron chi connectivity index (χ4n) is 0.506. The van der Waals surface area contributed by atoms with Crippen LogP contribution in [0.15, 0.2) is 0 Å². The SMILES string of the molecule is COC(=O)CCCSC(F)(F)F. The van der Waals surface area contributed by atoms with Crippen molar-refractivity contribution in [3.8, 4) is 0 Å². The van der Waals surface area contributed by atoms with Gasteiger partial charge in [-0.2, -0.15) is 13.2 Å². The van der Waals surface area contributed by atoms with Gasteiger partial charge < -0.3 is 4.74 Å². The van der Waals surface area contributed by atoms with Crippen molar-refractivity contribution >= 4 is 17.7 Å². The van der Waals surface area contributed by atoms with Crippen molar-refractivity contribution in [3.05, 3.63) is 0 Å². The molecule has 0 saturated heterocycles. The Morgan fingerprint density at radius 2 is 2.08 bits per heavy atom. The molecule has 6 heteroatoms. The Hall–Kier alpha value is -0.390. The molecule has 0 amide bonds. The third-order valence-corrected chi connectivity index (χ3v) is 1.84. The predicted octanol–water partition coefficient (Wildman–Crippen LogP) is 2.19. The topological polar surface area (TPSA) is 26.3 Å². The second-order valence-electron chi connectivity index (χ2n) is 1.97. The van der Waals surface area contributed by atoms with E-state index < -0.39 is 11.5 Å². The number of carbonyl (C=O) groups excluding carboxylic acids is 1. The van der Waals surface area contributed by atoms with Crippen LogP contribution in [0.3, 0.4) is 0 Å². The molecule has 72 valence electrons. The van der Waals surface area contributed by atoms with E-state index in [2.05, 4.69) is 4.74 Å². The van der Waals surface area contributed by atoms with Crippen molar-refractivity contribution in [1.82, 2.24) is 0 Å². The molecule has 0 aliphatic carbocycles. The van der Waals surface area contributed by atoms with Crippen molar-refractivity contribution in [2.75, 3.05) is 12.9 Å². The van der Waals surface area contributed by atoms with Gasteiger partial charge >= 0.3 is 11.5 Å². The van der Waals surface area contributed by atoms with Gasteiger partial charge in [0.1, 0.15) is 0 Å². The Kier molecular flexibility index (Phi) is 5.12. The highest BCUT2D eigenvalue weighted by Crippen LogP contribution is 2.30. The zero-order chi connectivity index (χ0) is 9.61. The molecule has 0 aromatic heterocycles. The number of rotatable bonds is 4. The minimum Gasteiger partial charge on any atom is -0.469 e. The van der Waals surface area contributed by atoms with Gasteiger partial charge in [-0.25, -0.2) is 0 Å². The average Bonchev–Trinajstić information content (AvgIpc) is 1.96. The number of hydrogen-bond acceptors (Lipinski definition) is 3. The van der Waals surface area contributed by atoms with Crippen LogP contribution in [0.4, 0.5) is 13.2 Å². The maximum Gasteiger partial charge on any atom is 0.441 e. The normalized spacial score (nSPS) is 11.3. The van der Waals surface area contributed by atoms with Crippen LogP contribution in [0.5, 0.6) is 0 Å². The first kappa shape index (κ1) is 11.6. The van der Waals surface area contributed by atoms with Crippen LogP contribution in [-0.4, -0.2) is 24.3 Å². The van der Waals surface area contributed by atoms with Gasteiger partial charge in [0, 0.05) is 12.2 Å². The lowest BCUT2D eigenvalue weighted by Gasteiger charge is -2.03. The second-order valence-corrected chi connectivity index (χ2v) is 3.13. The molecule has 0 unspecified atom stereocenters. The molecule has 0 rings (SSSR count). The number of methoxy groups -OCH3 is 1. The molecule has 0 aliphatic rings. The third kappa shape index (κ3) is 7.71. The molecule has 0 heterocycles. The molecular formula is C6H9F3O2S. The fourth-order valence-corrected chi connectivity index (χ4v) is 1.03. The molecule has 0 aromatic carbocycles. The Morgan fingerprint density at radius 3 is 2.50 bits per heavy atom. The summed E-state index contributed by atoms with van der Waals surface area (Å²) in [5, 5.41) is 0. The van der Waals surface area contributed by atoms with E-state index in [4.69, 9.17) is 0 Å². The number of esters is 1. The van der Waals surface area contributed by atoms with Gasteiger partial charge in [0.05, 0.1) is 7.11 Å². The zero-order valence-electron chi connectivity index (χ0n) is 6.48. The smallest absolute Gasteiger partial charge is 0.441 e. The summed E-state index contributed by atoms with van der Waals surface area (Å²) in [7, 11) is 1.21. The van der Waals surface area contributed by atoms with Gasteiger partial charge in [-0.15, -0.1) is 0 Å². The summed E-state index contributed by atoms with van der Waals surface area (Å²) in [6.45, 7) is 0. The number of carbonyl (C=O) groups is 1. The molecule has 0 aromatic rings. The van der Waals surface area contributed by atoms with Gasteiger partial charge in [-0.1, -0.05) is 11.8 Å². The van der Waals surface area contributed by atoms with E-state index in [1.54, 1.807) is 0 Å². The molecule has 0 bridgehead atoms. The maximum absolute atomic E-state index is 11.5. The highest BCUT2D eigenvalue weighted by molar-refractivity contribution is 8.00. The first-order chi connectivity index (χ1) is 5.45. The molecule has 0 radical (unpaired) electrons. The van der Waals surface area contributed by atoms with Gasteiger partial charge in [0.15, 0.2) is 0 Å². The first-order valence-corrected chi connectivity index (χ1v) is 4.22. The second kappa shape index (κ2) is 5.29. The number of hydrogen-bond donors (Lipinski definition) is 0. The molecule has 0 fully saturated rings. The van der Waals surface area contributed by atoms with Crippen LogP contribution in [0.1, 0.15) is 12.8 Å². The molecule has 2 nitrogen and oxygen atoms in total. The lowest BCUT2D eigenvalue weighted by molar-refractivity contribution is -0.140. The van der Waals surface area contributed by atoms with Crippen molar-refractivity contribution in [3.63, 3.8) is 0 Å². The summed E-state index contributed by atoms with van der Waals surface area (Å²) in [5.74, 6) is -0.573. The largest absolute Gasteiger partial charge is 0.469 e. The standard InChI is InChI=1S/C6H9F3O2S/c1-11-5(10)3-2-4-12-6(7,8)9/h2-4H2,1H3. The quantitative estimate of drug-likeness (QED) is 0.516. The van der Waals surface area contributed by atoms with Crippen LogP contribution >= 0.6 is 11.8 Å². The summed E-state index contributed by atoms with van der Waals surface area (Å²) in [6, 6.07) is 0. The van der Waals surface area contributed by atoms with E-state index in [1.165, 1.54) is 7.11 Å². The first-order valence-electron chi connectivity index (χ1n) is 3.23. The molecular weight excluding hydrogens is 193 g/mol. The Bertz CT molecular complexity index is 146. The Morgan fingerprint density at radius 1 is 1.50 bits per heavy atom. The highest BCUT2D eigenvalue weighted by Gasteiger charge is 2.27. The maximum atomic E-state index is 11.5. The van der Waals surface area contributed by atoms with E-state index in [1.807, 2.05) is 0 Å². The number of thioether (sulfide) groups is 1. The van der Waals surface area contributed by atoms with Crippen LogP contribution in [0.25, 0.3) is 0 Å². The fraction of sp³-hybridized carbons (Fsp3) is 0.833. The van der Waals surface area contributed by atoms with E-state index in [-0.39, 0.29) is 30.4 Å². The van der Waals surface area contributed by atoms with Gasteiger partial charge in [0.2, 0.25) is 0 Å². The lowest BCUT2D eigenvalue weighted by atomic mass is 10.3.